The van der Waals surface area contributed by atoms with Gasteiger partial charge in [0.2, 0.25) is 0 Å². The summed E-state index contributed by atoms with van der Waals surface area (Å²) in [4.78, 5) is 24.4. The first-order valence-corrected chi connectivity index (χ1v) is 8.62. The van der Waals surface area contributed by atoms with Crippen molar-refractivity contribution in [1.82, 2.24) is 5.32 Å². The molecular formula is C21H20N2O5. The molecule has 0 saturated heterocycles. The van der Waals surface area contributed by atoms with Gasteiger partial charge in [-0.05, 0) is 42.5 Å². The number of nitrogens with one attached hydrogen (secondary N) is 2. The fourth-order valence-corrected chi connectivity index (χ4v) is 2.50. The lowest BCUT2D eigenvalue weighted by atomic mass is 10.2. The molecule has 0 atom stereocenters. The number of furan rings is 1. The summed E-state index contributed by atoms with van der Waals surface area (Å²) in [7, 11) is 1.53. The highest BCUT2D eigenvalue weighted by atomic mass is 16.5. The Kier molecular flexibility index (Phi) is 6.30. The van der Waals surface area contributed by atoms with Crippen molar-refractivity contribution in [3.05, 3.63) is 78.3 Å². The third-order valence-corrected chi connectivity index (χ3v) is 3.84. The molecular weight excluding hydrogens is 360 g/mol. The summed E-state index contributed by atoms with van der Waals surface area (Å²) < 4.78 is 15.9. The van der Waals surface area contributed by atoms with E-state index in [1.807, 2.05) is 6.07 Å². The zero-order valence-corrected chi connectivity index (χ0v) is 15.3. The van der Waals surface area contributed by atoms with Gasteiger partial charge in [0.05, 0.1) is 19.9 Å². The Labute approximate surface area is 162 Å². The van der Waals surface area contributed by atoms with E-state index in [1.54, 1.807) is 60.9 Å². The Balaban J connectivity index is 1.54. The van der Waals surface area contributed by atoms with Crippen molar-refractivity contribution >= 4 is 17.5 Å². The molecule has 0 spiro atoms. The summed E-state index contributed by atoms with van der Waals surface area (Å²) in [5.41, 5.74) is 0.925. The molecule has 28 heavy (non-hydrogen) atoms. The molecule has 2 aromatic carbocycles. The lowest BCUT2D eigenvalue weighted by molar-refractivity contribution is -0.118. The number of hydrogen-bond donors (Lipinski definition) is 2. The van der Waals surface area contributed by atoms with Gasteiger partial charge in [-0.15, -0.1) is 0 Å². The van der Waals surface area contributed by atoms with Crippen LogP contribution in [0.5, 0.6) is 11.5 Å². The van der Waals surface area contributed by atoms with Crippen molar-refractivity contribution in [3.8, 4) is 11.5 Å². The van der Waals surface area contributed by atoms with E-state index in [0.29, 0.717) is 28.5 Å². The van der Waals surface area contributed by atoms with Crippen LogP contribution in [0.15, 0.2) is 71.3 Å². The number of hydrogen-bond acceptors (Lipinski definition) is 5. The van der Waals surface area contributed by atoms with E-state index >= 15 is 0 Å². The summed E-state index contributed by atoms with van der Waals surface area (Å²) in [6, 6.07) is 17.3. The fourth-order valence-electron chi connectivity index (χ4n) is 2.50. The van der Waals surface area contributed by atoms with Gasteiger partial charge in [0.15, 0.2) is 18.1 Å². The average molecular weight is 380 g/mol. The predicted octanol–water partition coefficient (Wildman–Crippen LogP) is 3.24. The first-order valence-electron chi connectivity index (χ1n) is 8.62. The monoisotopic (exact) mass is 380 g/mol. The maximum Gasteiger partial charge on any atom is 0.262 e. The van der Waals surface area contributed by atoms with Crippen molar-refractivity contribution in [1.29, 1.82) is 0 Å². The molecule has 0 aliphatic carbocycles. The Bertz CT molecular complexity index is 937. The van der Waals surface area contributed by atoms with Gasteiger partial charge in [0.25, 0.3) is 11.8 Å². The van der Waals surface area contributed by atoms with E-state index in [9.17, 15) is 9.59 Å². The van der Waals surface area contributed by atoms with E-state index in [-0.39, 0.29) is 25.0 Å². The summed E-state index contributed by atoms with van der Waals surface area (Å²) >= 11 is 0. The molecule has 7 heteroatoms. The SMILES string of the molecule is COc1ccccc1OCC(=O)Nc1cccc(C(=O)NCc2ccco2)c1. The number of methoxy groups -OCH3 is 1. The lowest BCUT2D eigenvalue weighted by Crippen LogP contribution is -2.23. The van der Waals surface area contributed by atoms with Crippen LogP contribution < -0.4 is 20.1 Å². The minimum absolute atomic E-state index is 0.185. The van der Waals surface area contributed by atoms with Crippen molar-refractivity contribution in [2.24, 2.45) is 0 Å². The molecule has 3 rings (SSSR count). The minimum atomic E-state index is -0.348. The van der Waals surface area contributed by atoms with Gasteiger partial charge in [-0.1, -0.05) is 18.2 Å². The molecule has 2 amide bonds. The molecule has 0 radical (unpaired) electrons. The van der Waals surface area contributed by atoms with Crippen molar-refractivity contribution < 1.29 is 23.5 Å². The van der Waals surface area contributed by atoms with E-state index in [1.165, 1.54) is 7.11 Å². The Morgan fingerprint density at radius 2 is 1.82 bits per heavy atom. The molecule has 7 nitrogen and oxygen atoms in total. The van der Waals surface area contributed by atoms with Crippen LogP contribution in [0.4, 0.5) is 5.69 Å². The first-order chi connectivity index (χ1) is 13.7. The second kappa shape index (κ2) is 9.27. The highest BCUT2D eigenvalue weighted by Crippen LogP contribution is 2.25. The number of carbonyl (C=O) groups is 2. The zero-order chi connectivity index (χ0) is 19.8. The maximum atomic E-state index is 12.3. The molecule has 2 N–H and O–H groups in total. The molecule has 0 saturated carbocycles. The summed E-state index contributed by atoms with van der Waals surface area (Å²) in [6.45, 7) is 0.102. The molecule has 1 heterocycles. The number of ether oxygens (including phenoxy) is 2. The topological polar surface area (TPSA) is 89.8 Å². The number of para-hydroxylation sites is 2. The molecule has 0 unspecified atom stereocenters. The van der Waals surface area contributed by atoms with Gasteiger partial charge >= 0.3 is 0 Å². The van der Waals surface area contributed by atoms with Crippen molar-refractivity contribution in [3.63, 3.8) is 0 Å². The van der Waals surface area contributed by atoms with E-state index in [4.69, 9.17) is 13.9 Å². The van der Waals surface area contributed by atoms with Crippen LogP contribution in [0.3, 0.4) is 0 Å². The van der Waals surface area contributed by atoms with E-state index in [2.05, 4.69) is 10.6 Å². The molecule has 0 bridgehead atoms. The second-order valence-electron chi connectivity index (χ2n) is 5.83. The van der Waals surface area contributed by atoms with Gasteiger partial charge in [-0.3, -0.25) is 9.59 Å². The Hall–Kier alpha value is -3.74. The largest absolute Gasteiger partial charge is 0.493 e. The third-order valence-electron chi connectivity index (χ3n) is 3.84. The number of anilines is 1. The summed E-state index contributed by atoms with van der Waals surface area (Å²) in [5.74, 6) is 1.07. The molecule has 0 fully saturated rings. The summed E-state index contributed by atoms with van der Waals surface area (Å²) in [6.07, 6.45) is 1.55. The van der Waals surface area contributed by atoms with Gasteiger partial charge in [0, 0.05) is 11.3 Å². The smallest absolute Gasteiger partial charge is 0.262 e. The Morgan fingerprint density at radius 3 is 2.57 bits per heavy atom. The maximum absolute atomic E-state index is 12.3. The van der Waals surface area contributed by atoms with E-state index < -0.39 is 0 Å². The van der Waals surface area contributed by atoms with Crippen molar-refractivity contribution in [2.75, 3.05) is 19.0 Å². The van der Waals surface area contributed by atoms with Gasteiger partial charge in [0.1, 0.15) is 5.76 Å². The highest BCUT2D eigenvalue weighted by Gasteiger charge is 2.10. The van der Waals surface area contributed by atoms with Crippen LogP contribution >= 0.6 is 0 Å². The quantitative estimate of drug-likeness (QED) is 0.626. The molecule has 0 aliphatic heterocycles. The number of amides is 2. The average Bonchev–Trinajstić information content (AvgIpc) is 3.24. The van der Waals surface area contributed by atoms with Gasteiger partial charge in [-0.25, -0.2) is 0 Å². The minimum Gasteiger partial charge on any atom is -0.493 e. The highest BCUT2D eigenvalue weighted by molar-refractivity contribution is 5.97. The van der Waals surface area contributed by atoms with Crippen molar-refractivity contribution in [2.45, 2.75) is 6.54 Å². The first kappa shape index (κ1) is 19.0. The summed E-state index contributed by atoms with van der Waals surface area (Å²) in [5, 5.41) is 5.47. The molecule has 3 aromatic rings. The molecule has 1 aromatic heterocycles. The Morgan fingerprint density at radius 1 is 1.00 bits per heavy atom. The van der Waals surface area contributed by atoms with E-state index in [0.717, 1.165) is 0 Å². The lowest BCUT2D eigenvalue weighted by Gasteiger charge is -2.11. The van der Waals surface area contributed by atoms with Crippen LogP contribution in [0.25, 0.3) is 0 Å². The van der Waals surface area contributed by atoms with Gasteiger partial charge in [-0.2, -0.15) is 0 Å². The number of carbonyl (C=O) groups excluding carboxylic acids is 2. The van der Waals surface area contributed by atoms with Gasteiger partial charge < -0.3 is 24.5 Å². The predicted molar refractivity (Wildman–Crippen MR) is 103 cm³/mol. The second-order valence-corrected chi connectivity index (χ2v) is 5.83. The van der Waals surface area contributed by atoms with Crippen LogP contribution in [0, 0.1) is 0 Å². The molecule has 0 aliphatic rings. The number of rotatable bonds is 8. The van der Waals surface area contributed by atoms with Crippen LogP contribution in [-0.2, 0) is 11.3 Å². The van der Waals surface area contributed by atoms with Crippen LogP contribution in [0.2, 0.25) is 0 Å². The number of benzene rings is 2. The van der Waals surface area contributed by atoms with Crippen LogP contribution in [-0.4, -0.2) is 25.5 Å². The third kappa shape index (κ3) is 5.14. The molecule has 144 valence electrons. The zero-order valence-electron chi connectivity index (χ0n) is 15.3. The van der Waals surface area contributed by atoms with Crippen LogP contribution in [0.1, 0.15) is 16.1 Å². The standard InChI is InChI=1S/C21H20N2O5/c1-26-18-9-2-3-10-19(18)28-14-20(24)23-16-7-4-6-15(12-16)21(25)22-13-17-8-5-11-27-17/h2-12H,13-14H2,1H3,(H,22,25)(H,23,24). The normalized spacial score (nSPS) is 10.2. The fraction of sp³-hybridized carbons (Fsp3) is 0.143.